The van der Waals surface area contributed by atoms with Crippen LogP contribution < -0.4 is 10.9 Å². The second-order valence-corrected chi connectivity index (χ2v) is 5.69. The summed E-state index contributed by atoms with van der Waals surface area (Å²) in [7, 11) is 0. The SMILES string of the molecule is O=C(Nc1c(-c2ccccc2)[nH][nH]c1=O)c1csc2nccn12. The molecule has 3 aromatic heterocycles. The van der Waals surface area contributed by atoms with Crippen molar-refractivity contribution in [2.75, 3.05) is 5.32 Å². The molecular weight excluding hydrogens is 314 g/mol. The number of H-pyrrole nitrogens is 2. The lowest BCUT2D eigenvalue weighted by Gasteiger charge is -2.04. The molecule has 4 rings (SSSR count). The summed E-state index contributed by atoms with van der Waals surface area (Å²) in [5.41, 5.74) is 1.59. The number of carbonyl (C=O) groups excluding carboxylic acids is 1. The summed E-state index contributed by atoms with van der Waals surface area (Å²) in [6.45, 7) is 0. The van der Waals surface area contributed by atoms with Crippen molar-refractivity contribution in [2.24, 2.45) is 0 Å². The Kier molecular flexibility index (Phi) is 3.09. The standard InChI is InChI=1S/C15H11N5O2S/c21-13(10-8-23-15-16-6-7-20(10)15)17-12-11(18-19-14(12)22)9-4-2-1-3-5-9/h1-8H,(H,17,21)(H2,18,19,22). The third kappa shape index (κ3) is 2.25. The Morgan fingerprint density at radius 3 is 2.87 bits per heavy atom. The number of aromatic nitrogens is 4. The highest BCUT2D eigenvalue weighted by atomic mass is 32.1. The molecule has 8 heteroatoms. The zero-order chi connectivity index (χ0) is 15.8. The Morgan fingerprint density at radius 1 is 1.22 bits per heavy atom. The zero-order valence-corrected chi connectivity index (χ0v) is 12.6. The van der Waals surface area contributed by atoms with E-state index in [4.69, 9.17) is 0 Å². The number of fused-ring (bicyclic) bond motifs is 1. The zero-order valence-electron chi connectivity index (χ0n) is 11.7. The van der Waals surface area contributed by atoms with Crippen molar-refractivity contribution >= 4 is 27.9 Å². The Bertz CT molecular complexity index is 1040. The number of anilines is 1. The predicted octanol–water partition coefficient (Wildman–Crippen LogP) is 2.33. The molecule has 3 heterocycles. The Hall–Kier alpha value is -3.13. The molecule has 0 aliphatic carbocycles. The van der Waals surface area contributed by atoms with Gasteiger partial charge in [-0.2, -0.15) is 0 Å². The molecule has 0 saturated carbocycles. The van der Waals surface area contributed by atoms with E-state index in [-0.39, 0.29) is 17.2 Å². The minimum atomic E-state index is -0.380. The van der Waals surface area contributed by atoms with E-state index in [0.717, 1.165) is 10.5 Å². The fourth-order valence-corrected chi connectivity index (χ4v) is 3.20. The number of carbonyl (C=O) groups is 1. The summed E-state index contributed by atoms with van der Waals surface area (Å²) < 4.78 is 1.68. The van der Waals surface area contributed by atoms with E-state index in [1.165, 1.54) is 11.3 Å². The molecule has 1 amide bonds. The van der Waals surface area contributed by atoms with E-state index in [9.17, 15) is 9.59 Å². The van der Waals surface area contributed by atoms with Crippen molar-refractivity contribution in [1.29, 1.82) is 0 Å². The minimum Gasteiger partial charge on any atom is -0.314 e. The van der Waals surface area contributed by atoms with E-state index in [1.807, 2.05) is 30.3 Å². The van der Waals surface area contributed by atoms with Gasteiger partial charge in [-0.05, 0) is 0 Å². The quantitative estimate of drug-likeness (QED) is 0.539. The average Bonchev–Trinajstić information content (AvgIpc) is 3.25. The van der Waals surface area contributed by atoms with Gasteiger partial charge >= 0.3 is 0 Å². The molecule has 0 bridgehead atoms. The maximum atomic E-state index is 12.5. The van der Waals surface area contributed by atoms with Crippen LogP contribution in [0.25, 0.3) is 16.2 Å². The second-order valence-electron chi connectivity index (χ2n) is 4.85. The maximum absolute atomic E-state index is 12.5. The van der Waals surface area contributed by atoms with E-state index >= 15 is 0 Å². The minimum absolute atomic E-state index is 0.195. The molecular formula is C15H11N5O2S. The molecule has 7 nitrogen and oxygen atoms in total. The first kappa shape index (κ1) is 13.5. The van der Waals surface area contributed by atoms with Crippen molar-refractivity contribution in [3.05, 3.63) is 64.2 Å². The molecule has 0 atom stereocenters. The number of nitrogens with one attached hydrogen (secondary N) is 3. The highest BCUT2D eigenvalue weighted by Gasteiger charge is 2.18. The number of nitrogens with zero attached hydrogens (tertiary/aromatic N) is 2. The molecule has 0 unspecified atom stereocenters. The number of imidazole rings is 1. The van der Waals surface area contributed by atoms with E-state index < -0.39 is 0 Å². The molecule has 0 aliphatic heterocycles. The summed E-state index contributed by atoms with van der Waals surface area (Å²) >= 11 is 1.36. The Balaban J connectivity index is 1.72. The van der Waals surface area contributed by atoms with E-state index in [0.29, 0.717) is 11.4 Å². The van der Waals surface area contributed by atoms with E-state index in [1.54, 1.807) is 22.2 Å². The summed E-state index contributed by atoms with van der Waals surface area (Å²) in [6.07, 6.45) is 3.33. The molecule has 23 heavy (non-hydrogen) atoms. The summed E-state index contributed by atoms with van der Waals surface area (Å²) in [5, 5.41) is 9.71. The lowest BCUT2D eigenvalue weighted by atomic mass is 10.1. The summed E-state index contributed by atoms with van der Waals surface area (Å²) in [6, 6.07) is 9.31. The van der Waals surface area contributed by atoms with Gasteiger partial charge in [-0.1, -0.05) is 30.3 Å². The number of benzene rings is 1. The van der Waals surface area contributed by atoms with Crippen LogP contribution >= 0.6 is 11.3 Å². The molecule has 3 N–H and O–H groups in total. The Labute approximate surface area is 133 Å². The van der Waals surface area contributed by atoms with Crippen LogP contribution in [0.1, 0.15) is 10.5 Å². The van der Waals surface area contributed by atoms with Crippen molar-refractivity contribution in [3.63, 3.8) is 0 Å². The van der Waals surface area contributed by atoms with Crippen LogP contribution in [0.4, 0.5) is 5.69 Å². The number of hydrogen-bond donors (Lipinski definition) is 3. The van der Waals surface area contributed by atoms with Crippen molar-refractivity contribution in [3.8, 4) is 11.3 Å². The van der Waals surface area contributed by atoms with Gasteiger partial charge in [-0.15, -0.1) is 11.3 Å². The second kappa shape index (κ2) is 5.25. The lowest BCUT2D eigenvalue weighted by molar-refractivity contribution is 0.102. The van der Waals surface area contributed by atoms with Crippen LogP contribution in [-0.4, -0.2) is 25.5 Å². The maximum Gasteiger partial charge on any atom is 0.288 e. The summed E-state index contributed by atoms with van der Waals surface area (Å²) in [5.74, 6) is -0.364. The summed E-state index contributed by atoms with van der Waals surface area (Å²) in [4.78, 5) is 29.4. The number of rotatable bonds is 3. The van der Waals surface area contributed by atoms with Crippen molar-refractivity contribution in [1.82, 2.24) is 19.6 Å². The molecule has 1 aromatic carbocycles. The largest absolute Gasteiger partial charge is 0.314 e. The first-order valence-corrected chi connectivity index (χ1v) is 7.70. The van der Waals surface area contributed by atoms with Crippen molar-refractivity contribution in [2.45, 2.75) is 0 Å². The average molecular weight is 325 g/mol. The normalized spacial score (nSPS) is 11.0. The van der Waals surface area contributed by atoms with Gasteiger partial charge in [0.15, 0.2) is 4.96 Å². The van der Waals surface area contributed by atoms with Crippen LogP contribution in [0.5, 0.6) is 0 Å². The monoisotopic (exact) mass is 325 g/mol. The van der Waals surface area contributed by atoms with E-state index in [2.05, 4.69) is 20.5 Å². The van der Waals surface area contributed by atoms with Gasteiger partial charge in [0.2, 0.25) is 0 Å². The van der Waals surface area contributed by atoms with Crippen LogP contribution in [0, 0.1) is 0 Å². The molecule has 0 radical (unpaired) electrons. The third-order valence-electron chi connectivity index (χ3n) is 3.45. The lowest BCUT2D eigenvalue weighted by Crippen LogP contribution is -2.18. The van der Waals surface area contributed by atoms with Crippen LogP contribution in [0.15, 0.2) is 52.9 Å². The predicted molar refractivity (Wildman–Crippen MR) is 87.9 cm³/mol. The molecule has 0 fully saturated rings. The van der Waals surface area contributed by atoms with Crippen molar-refractivity contribution < 1.29 is 4.79 Å². The van der Waals surface area contributed by atoms with Gasteiger partial charge in [0.25, 0.3) is 11.5 Å². The first-order valence-electron chi connectivity index (χ1n) is 6.82. The topological polar surface area (TPSA) is 95.0 Å². The van der Waals surface area contributed by atoms with Gasteiger partial charge in [0, 0.05) is 23.3 Å². The number of amides is 1. The number of hydrogen-bond acceptors (Lipinski definition) is 4. The molecule has 0 saturated heterocycles. The number of aromatic amines is 2. The molecule has 0 aliphatic rings. The van der Waals surface area contributed by atoms with Gasteiger partial charge in [0.1, 0.15) is 11.4 Å². The highest BCUT2D eigenvalue weighted by Crippen LogP contribution is 2.23. The smallest absolute Gasteiger partial charge is 0.288 e. The Morgan fingerprint density at radius 2 is 2.04 bits per heavy atom. The van der Waals surface area contributed by atoms with Crippen LogP contribution in [0.3, 0.4) is 0 Å². The molecule has 114 valence electrons. The van der Waals surface area contributed by atoms with Gasteiger partial charge in [-0.25, -0.2) is 4.98 Å². The third-order valence-corrected chi connectivity index (χ3v) is 4.31. The van der Waals surface area contributed by atoms with Gasteiger partial charge in [0.05, 0.1) is 5.69 Å². The fraction of sp³-hybridized carbons (Fsp3) is 0. The molecule has 4 aromatic rings. The highest BCUT2D eigenvalue weighted by molar-refractivity contribution is 7.15. The molecule has 0 spiro atoms. The van der Waals surface area contributed by atoms with Crippen LogP contribution in [0.2, 0.25) is 0 Å². The van der Waals surface area contributed by atoms with Crippen LogP contribution in [-0.2, 0) is 0 Å². The fourth-order valence-electron chi connectivity index (χ4n) is 2.36. The number of thiazole rings is 1. The van der Waals surface area contributed by atoms with Gasteiger partial charge < -0.3 is 5.32 Å². The first-order chi connectivity index (χ1) is 11.2. The van der Waals surface area contributed by atoms with Gasteiger partial charge in [-0.3, -0.25) is 24.2 Å².